The van der Waals surface area contributed by atoms with E-state index in [2.05, 4.69) is 4.18 Å². The molecule has 0 aliphatic rings. The van der Waals surface area contributed by atoms with E-state index in [1.165, 1.54) is 24.3 Å². The highest BCUT2D eigenvalue weighted by atomic mass is 32.2. The minimum absolute atomic E-state index is 0.0186. The van der Waals surface area contributed by atoms with E-state index < -0.39 is 31.3 Å². The summed E-state index contributed by atoms with van der Waals surface area (Å²) >= 11 is 0. The molecule has 2 aromatic carbocycles. The van der Waals surface area contributed by atoms with Crippen LogP contribution in [0.5, 0.6) is 0 Å². The number of nitrogens with zero attached hydrogens (tertiary/aromatic N) is 1. The second-order valence-corrected chi connectivity index (χ2v) is 7.54. The van der Waals surface area contributed by atoms with Crippen molar-refractivity contribution in [2.24, 2.45) is 0 Å². The molecule has 0 aromatic heterocycles. The first-order valence-corrected chi connectivity index (χ1v) is 9.54. The Morgan fingerprint density at radius 2 is 1.60 bits per heavy atom. The Hall–Kier alpha value is -2.47. The summed E-state index contributed by atoms with van der Waals surface area (Å²) in [5.74, 6) is 0. The average molecular weight is 386 g/mol. The van der Waals surface area contributed by atoms with Crippen LogP contribution in [-0.4, -0.2) is 34.5 Å². The second kappa shape index (κ2) is 7.19. The average Bonchev–Trinajstić information content (AvgIpc) is 2.55. The number of rotatable bonds is 5. The van der Waals surface area contributed by atoms with Crippen LogP contribution in [0.25, 0.3) is 0 Å². The number of urea groups is 1. The van der Waals surface area contributed by atoms with Gasteiger partial charge in [-0.3, -0.25) is 13.6 Å². The molecule has 0 aliphatic heterocycles. The van der Waals surface area contributed by atoms with Gasteiger partial charge in [-0.25, -0.2) is 9.52 Å². The summed E-state index contributed by atoms with van der Waals surface area (Å²) in [6, 6.07) is 11.7. The number of nitrogens with one attached hydrogen (secondary N) is 1. The van der Waals surface area contributed by atoms with Gasteiger partial charge < -0.3 is 0 Å². The lowest BCUT2D eigenvalue weighted by Crippen LogP contribution is -2.40. The van der Waals surface area contributed by atoms with Crippen LogP contribution >= 0.6 is 0 Å². The molecular formula is C14H14N2O7S2. The molecule has 0 fully saturated rings. The first-order valence-electron chi connectivity index (χ1n) is 6.69. The van der Waals surface area contributed by atoms with Gasteiger partial charge in [0.2, 0.25) is 0 Å². The molecule has 2 N–H and O–H groups in total. The highest BCUT2D eigenvalue weighted by Crippen LogP contribution is 2.27. The van der Waals surface area contributed by atoms with Gasteiger partial charge in [0.25, 0.3) is 10.1 Å². The topological polar surface area (TPSA) is 130 Å². The molecule has 0 saturated carbocycles. The van der Waals surface area contributed by atoms with E-state index in [-0.39, 0.29) is 11.4 Å². The third-order valence-corrected chi connectivity index (χ3v) is 4.74. The van der Waals surface area contributed by atoms with E-state index in [9.17, 15) is 21.6 Å². The summed E-state index contributed by atoms with van der Waals surface area (Å²) in [5, 5.41) is 0. The van der Waals surface area contributed by atoms with Crippen molar-refractivity contribution in [3.63, 3.8) is 0 Å². The Morgan fingerprint density at radius 1 is 1.00 bits per heavy atom. The molecule has 0 spiro atoms. The van der Waals surface area contributed by atoms with Gasteiger partial charge in [-0.1, -0.05) is 24.3 Å². The van der Waals surface area contributed by atoms with Crippen molar-refractivity contribution in [1.29, 1.82) is 0 Å². The van der Waals surface area contributed by atoms with Crippen molar-refractivity contribution in [2.75, 3.05) is 12.0 Å². The van der Waals surface area contributed by atoms with Crippen LogP contribution in [0.3, 0.4) is 0 Å². The Labute approximate surface area is 144 Å². The molecule has 11 heteroatoms. The number of hydrogen-bond donors (Lipinski definition) is 2. The molecule has 0 unspecified atom stereocenters. The van der Waals surface area contributed by atoms with Gasteiger partial charge >= 0.3 is 16.3 Å². The Kier molecular flexibility index (Phi) is 5.42. The standard InChI is InChI=1S/C14H14N2O7S2/c1-23-25(21,22)15-14(17)16(11-6-3-2-4-7-11)12-8-5-9-13(10-12)24(18,19)20/h2-10H,1H3,(H,15,17)(H,18,19,20). The van der Waals surface area contributed by atoms with Crippen molar-refractivity contribution in [3.8, 4) is 0 Å². The summed E-state index contributed by atoms with van der Waals surface area (Å²) in [7, 11) is -7.96. The van der Waals surface area contributed by atoms with E-state index in [4.69, 9.17) is 4.55 Å². The Balaban J connectivity index is 2.55. The van der Waals surface area contributed by atoms with Gasteiger partial charge in [0.1, 0.15) is 0 Å². The molecule has 2 rings (SSSR count). The molecule has 9 nitrogen and oxygen atoms in total. The van der Waals surface area contributed by atoms with Gasteiger partial charge in [-0.15, -0.1) is 0 Å². The number of hydrogen-bond acceptors (Lipinski definition) is 6. The van der Waals surface area contributed by atoms with Crippen molar-refractivity contribution >= 4 is 37.8 Å². The molecule has 0 heterocycles. The fourth-order valence-corrected chi connectivity index (χ4v) is 2.85. The highest BCUT2D eigenvalue weighted by Gasteiger charge is 2.24. The lowest BCUT2D eigenvalue weighted by molar-refractivity contribution is 0.251. The fourth-order valence-electron chi connectivity index (χ4n) is 1.94. The number of benzene rings is 2. The predicted molar refractivity (Wildman–Crippen MR) is 89.3 cm³/mol. The first kappa shape index (κ1) is 18.9. The lowest BCUT2D eigenvalue weighted by atomic mass is 10.2. The Morgan fingerprint density at radius 3 is 2.16 bits per heavy atom. The van der Waals surface area contributed by atoms with E-state index in [0.717, 1.165) is 24.1 Å². The van der Waals surface area contributed by atoms with Gasteiger partial charge in [0, 0.05) is 0 Å². The maximum atomic E-state index is 12.4. The van der Waals surface area contributed by atoms with Crippen LogP contribution in [-0.2, 0) is 24.6 Å². The van der Waals surface area contributed by atoms with Crippen LogP contribution in [0.1, 0.15) is 0 Å². The van der Waals surface area contributed by atoms with Crippen LogP contribution < -0.4 is 9.62 Å². The normalized spacial score (nSPS) is 11.8. The van der Waals surface area contributed by atoms with Gasteiger partial charge in [-0.05, 0) is 30.3 Å². The minimum Gasteiger partial charge on any atom is -0.282 e. The summed E-state index contributed by atoms with van der Waals surface area (Å²) < 4.78 is 60.6. The maximum absolute atomic E-state index is 12.4. The molecule has 0 aliphatic carbocycles. The highest BCUT2D eigenvalue weighted by molar-refractivity contribution is 7.86. The van der Waals surface area contributed by atoms with Crippen molar-refractivity contribution in [2.45, 2.75) is 4.90 Å². The summed E-state index contributed by atoms with van der Waals surface area (Å²) in [5.41, 5.74) is 0.281. The molecule has 0 saturated heterocycles. The van der Waals surface area contributed by atoms with Gasteiger partial charge in [-0.2, -0.15) is 16.8 Å². The van der Waals surface area contributed by atoms with Gasteiger partial charge in [0.05, 0.1) is 23.4 Å². The van der Waals surface area contributed by atoms with E-state index in [0.29, 0.717) is 0 Å². The quantitative estimate of drug-likeness (QED) is 0.748. The zero-order valence-electron chi connectivity index (χ0n) is 12.9. The van der Waals surface area contributed by atoms with Crippen molar-refractivity contribution < 1.29 is 30.4 Å². The van der Waals surface area contributed by atoms with E-state index in [1.807, 2.05) is 0 Å². The van der Waals surface area contributed by atoms with Crippen LogP contribution in [0.4, 0.5) is 16.2 Å². The molecule has 0 atom stereocenters. The third kappa shape index (κ3) is 4.76. The molecule has 134 valence electrons. The van der Waals surface area contributed by atoms with Crippen LogP contribution in [0.2, 0.25) is 0 Å². The molecule has 2 aromatic rings. The number of anilines is 2. The third-order valence-electron chi connectivity index (χ3n) is 3.02. The number of carbonyl (C=O) groups excluding carboxylic acids is 1. The monoisotopic (exact) mass is 386 g/mol. The lowest BCUT2D eigenvalue weighted by Gasteiger charge is -2.23. The summed E-state index contributed by atoms with van der Waals surface area (Å²) in [6.07, 6.45) is 0. The fraction of sp³-hybridized carbons (Fsp3) is 0.0714. The molecule has 25 heavy (non-hydrogen) atoms. The van der Waals surface area contributed by atoms with Crippen LogP contribution in [0.15, 0.2) is 59.5 Å². The second-order valence-electron chi connectivity index (χ2n) is 4.67. The number of para-hydroxylation sites is 1. The zero-order chi connectivity index (χ0) is 18.7. The predicted octanol–water partition coefficient (Wildman–Crippen LogP) is 1.67. The van der Waals surface area contributed by atoms with Crippen molar-refractivity contribution in [1.82, 2.24) is 4.72 Å². The maximum Gasteiger partial charge on any atom is 0.363 e. The van der Waals surface area contributed by atoms with E-state index >= 15 is 0 Å². The molecule has 2 amide bonds. The minimum atomic E-state index is -4.51. The Bertz CT molecular complexity index is 973. The van der Waals surface area contributed by atoms with Gasteiger partial charge in [0.15, 0.2) is 0 Å². The number of carbonyl (C=O) groups is 1. The smallest absolute Gasteiger partial charge is 0.282 e. The number of amides is 2. The zero-order valence-corrected chi connectivity index (χ0v) is 14.5. The summed E-state index contributed by atoms with van der Waals surface area (Å²) in [6.45, 7) is 0. The van der Waals surface area contributed by atoms with Crippen molar-refractivity contribution in [3.05, 3.63) is 54.6 Å². The van der Waals surface area contributed by atoms with E-state index in [1.54, 1.807) is 22.9 Å². The molecule has 0 radical (unpaired) electrons. The first-order chi connectivity index (χ1) is 11.6. The molecule has 0 bridgehead atoms. The molecular weight excluding hydrogens is 372 g/mol. The SMILES string of the molecule is COS(=O)(=O)NC(=O)N(c1ccccc1)c1cccc(S(=O)(=O)O)c1. The van der Waals surface area contributed by atoms with Crippen LogP contribution in [0, 0.1) is 0 Å². The summed E-state index contributed by atoms with van der Waals surface area (Å²) in [4.78, 5) is 12.9. The largest absolute Gasteiger partial charge is 0.363 e.